The van der Waals surface area contributed by atoms with Gasteiger partial charge < -0.3 is 15.7 Å². The molecule has 1 aromatic rings. The van der Waals surface area contributed by atoms with Crippen molar-refractivity contribution in [2.45, 2.75) is 32.6 Å². The van der Waals surface area contributed by atoms with Crippen molar-refractivity contribution < 1.29 is 19.5 Å². The number of anilines is 1. The SMILES string of the molecule is CC(=O)Nc1ccc(C(=O)NCC2(C(=O)O)CCCC2)s1. The molecule has 3 N–H and O–H groups in total. The summed E-state index contributed by atoms with van der Waals surface area (Å²) in [6, 6.07) is 3.27. The van der Waals surface area contributed by atoms with Crippen molar-refractivity contribution in [1.29, 1.82) is 0 Å². The molecule has 1 saturated carbocycles. The van der Waals surface area contributed by atoms with Crippen LogP contribution in [0, 0.1) is 5.41 Å². The van der Waals surface area contributed by atoms with Crippen LogP contribution in [0.25, 0.3) is 0 Å². The van der Waals surface area contributed by atoms with Crippen LogP contribution in [0.1, 0.15) is 42.3 Å². The van der Waals surface area contributed by atoms with E-state index in [4.69, 9.17) is 0 Å². The van der Waals surface area contributed by atoms with Crippen LogP contribution in [-0.2, 0) is 9.59 Å². The molecule has 6 nitrogen and oxygen atoms in total. The fourth-order valence-corrected chi connectivity index (χ4v) is 3.42. The van der Waals surface area contributed by atoms with Gasteiger partial charge in [0.15, 0.2) is 0 Å². The number of thiophene rings is 1. The fourth-order valence-electron chi connectivity index (χ4n) is 2.56. The van der Waals surface area contributed by atoms with E-state index in [0.29, 0.717) is 22.7 Å². The standard InChI is InChI=1S/C14H18N2O4S/c1-9(17)16-11-5-4-10(21-11)12(18)15-8-14(13(19)20)6-2-3-7-14/h4-5H,2-3,6-8H2,1H3,(H,15,18)(H,16,17)(H,19,20). The smallest absolute Gasteiger partial charge is 0.311 e. The number of carbonyl (C=O) groups is 3. The topological polar surface area (TPSA) is 95.5 Å². The molecule has 0 unspecified atom stereocenters. The molecule has 1 aliphatic rings. The molecule has 7 heteroatoms. The molecule has 0 radical (unpaired) electrons. The van der Waals surface area contributed by atoms with Crippen LogP contribution >= 0.6 is 11.3 Å². The van der Waals surface area contributed by atoms with Gasteiger partial charge in [0.05, 0.1) is 15.3 Å². The average Bonchev–Trinajstić information content (AvgIpc) is 3.05. The van der Waals surface area contributed by atoms with E-state index >= 15 is 0 Å². The van der Waals surface area contributed by atoms with Crippen LogP contribution in [0.15, 0.2) is 12.1 Å². The summed E-state index contributed by atoms with van der Waals surface area (Å²) >= 11 is 1.17. The molecule has 1 heterocycles. The van der Waals surface area contributed by atoms with Crippen molar-refractivity contribution in [1.82, 2.24) is 5.32 Å². The summed E-state index contributed by atoms with van der Waals surface area (Å²) in [5.41, 5.74) is -0.826. The first kappa shape index (κ1) is 15.5. The molecule has 0 saturated heterocycles. The lowest BCUT2D eigenvalue weighted by Crippen LogP contribution is -2.41. The second-order valence-electron chi connectivity index (χ2n) is 5.32. The molecule has 0 aromatic carbocycles. The van der Waals surface area contributed by atoms with Gasteiger partial charge in [-0.1, -0.05) is 12.8 Å². The number of rotatable bonds is 5. The van der Waals surface area contributed by atoms with Crippen molar-refractivity contribution in [3.63, 3.8) is 0 Å². The Bertz CT molecular complexity index is 561. The van der Waals surface area contributed by atoms with Gasteiger partial charge in [0.2, 0.25) is 5.91 Å². The first-order chi connectivity index (χ1) is 9.93. The van der Waals surface area contributed by atoms with Gasteiger partial charge in [-0.15, -0.1) is 11.3 Å². The summed E-state index contributed by atoms with van der Waals surface area (Å²) in [5.74, 6) is -1.34. The quantitative estimate of drug-likeness (QED) is 0.776. The summed E-state index contributed by atoms with van der Waals surface area (Å²) in [6.45, 7) is 1.55. The van der Waals surface area contributed by atoms with E-state index in [1.807, 2.05) is 0 Å². The van der Waals surface area contributed by atoms with Crippen LogP contribution in [-0.4, -0.2) is 29.4 Å². The Labute approximate surface area is 126 Å². The minimum atomic E-state index is -0.842. The van der Waals surface area contributed by atoms with Crippen molar-refractivity contribution in [2.24, 2.45) is 5.41 Å². The largest absolute Gasteiger partial charge is 0.481 e. The summed E-state index contributed by atoms with van der Waals surface area (Å²) < 4.78 is 0. The number of hydrogen-bond donors (Lipinski definition) is 3. The number of carbonyl (C=O) groups excluding carboxylic acids is 2. The normalized spacial score (nSPS) is 16.4. The lowest BCUT2D eigenvalue weighted by Gasteiger charge is -2.23. The zero-order chi connectivity index (χ0) is 15.5. The maximum absolute atomic E-state index is 12.1. The van der Waals surface area contributed by atoms with Crippen molar-refractivity contribution in [2.75, 3.05) is 11.9 Å². The Hall–Kier alpha value is -1.89. The molecule has 0 bridgehead atoms. The van der Waals surface area contributed by atoms with Gasteiger partial charge in [0.1, 0.15) is 0 Å². The highest BCUT2D eigenvalue weighted by Crippen LogP contribution is 2.37. The van der Waals surface area contributed by atoms with Crippen LogP contribution in [0.4, 0.5) is 5.00 Å². The van der Waals surface area contributed by atoms with Gasteiger partial charge in [-0.05, 0) is 25.0 Å². The van der Waals surface area contributed by atoms with E-state index in [-0.39, 0.29) is 18.4 Å². The predicted octanol–water partition coefficient (Wildman–Crippen LogP) is 2.08. The highest BCUT2D eigenvalue weighted by molar-refractivity contribution is 7.18. The number of carboxylic acids is 1. The third-order valence-electron chi connectivity index (χ3n) is 3.73. The minimum Gasteiger partial charge on any atom is -0.481 e. The maximum Gasteiger partial charge on any atom is 0.311 e. The highest BCUT2D eigenvalue weighted by atomic mass is 32.1. The second-order valence-corrected chi connectivity index (χ2v) is 6.40. The lowest BCUT2D eigenvalue weighted by molar-refractivity contribution is -0.148. The van der Waals surface area contributed by atoms with Gasteiger partial charge in [0.25, 0.3) is 5.91 Å². The summed E-state index contributed by atoms with van der Waals surface area (Å²) in [6.07, 6.45) is 2.97. The minimum absolute atomic E-state index is 0.147. The first-order valence-corrected chi connectivity index (χ1v) is 7.64. The van der Waals surface area contributed by atoms with Crippen LogP contribution < -0.4 is 10.6 Å². The molecule has 2 amide bonds. The molecule has 0 aliphatic heterocycles. The van der Waals surface area contributed by atoms with E-state index in [9.17, 15) is 19.5 Å². The monoisotopic (exact) mass is 310 g/mol. The van der Waals surface area contributed by atoms with Gasteiger partial charge in [-0.25, -0.2) is 0 Å². The Kier molecular flexibility index (Phi) is 4.62. The highest BCUT2D eigenvalue weighted by Gasteiger charge is 2.41. The fraction of sp³-hybridized carbons (Fsp3) is 0.500. The number of carboxylic acid groups (broad SMARTS) is 1. The Morgan fingerprint density at radius 1 is 1.29 bits per heavy atom. The van der Waals surface area contributed by atoms with E-state index < -0.39 is 11.4 Å². The van der Waals surface area contributed by atoms with Crippen molar-refractivity contribution in [3.8, 4) is 0 Å². The lowest BCUT2D eigenvalue weighted by atomic mass is 9.86. The zero-order valence-electron chi connectivity index (χ0n) is 11.8. The molecule has 1 fully saturated rings. The van der Waals surface area contributed by atoms with E-state index in [1.165, 1.54) is 18.3 Å². The predicted molar refractivity (Wildman–Crippen MR) is 79.5 cm³/mol. The van der Waals surface area contributed by atoms with Crippen LogP contribution in [0.2, 0.25) is 0 Å². The molecule has 1 aliphatic carbocycles. The number of amides is 2. The van der Waals surface area contributed by atoms with E-state index in [0.717, 1.165) is 12.8 Å². The third kappa shape index (κ3) is 3.60. The molecule has 0 spiro atoms. The van der Waals surface area contributed by atoms with Gasteiger partial charge >= 0.3 is 5.97 Å². The maximum atomic E-state index is 12.1. The molecule has 1 aromatic heterocycles. The van der Waals surface area contributed by atoms with Gasteiger partial charge in [-0.3, -0.25) is 14.4 Å². The van der Waals surface area contributed by atoms with Crippen LogP contribution in [0.5, 0.6) is 0 Å². The molecular formula is C14H18N2O4S. The zero-order valence-corrected chi connectivity index (χ0v) is 12.6. The molecule has 21 heavy (non-hydrogen) atoms. The molecule has 2 rings (SSSR count). The van der Waals surface area contributed by atoms with Crippen LogP contribution in [0.3, 0.4) is 0 Å². The Balaban J connectivity index is 1.96. The summed E-state index contributed by atoms with van der Waals surface area (Å²) in [7, 11) is 0. The molecule has 0 atom stereocenters. The number of nitrogens with one attached hydrogen (secondary N) is 2. The third-order valence-corrected chi connectivity index (χ3v) is 4.73. The average molecular weight is 310 g/mol. The molecule has 114 valence electrons. The van der Waals surface area contributed by atoms with E-state index in [2.05, 4.69) is 10.6 Å². The van der Waals surface area contributed by atoms with E-state index in [1.54, 1.807) is 12.1 Å². The van der Waals surface area contributed by atoms with Gasteiger partial charge in [0, 0.05) is 13.5 Å². The second kappa shape index (κ2) is 6.26. The van der Waals surface area contributed by atoms with Crippen molar-refractivity contribution in [3.05, 3.63) is 17.0 Å². The number of aliphatic carboxylic acids is 1. The summed E-state index contributed by atoms with van der Waals surface area (Å²) in [4.78, 5) is 34.9. The Morgan fingerprint density at radius 2 is 1.95 bits per heavy atom. The van der Waals surface area contributed by atoms with Crippen molar-refractivity contribution >= 4 is 34.1 Å². The summed E-state index contributed by atoms with van der Waals surface area (Å²) in [5, 5.41) is 15.3. The molecular weight excluding hydrogens is 292 g/mol. The first-order valence-electron chi connectivity index (χ1n) is 6.82. The number of hydrogen-bond acceptors (Lipinski definition) is 4. The Morgan fingerprint density at radius 3 is 2.52 bits per heavy atom. The van der Waals surface area contributed by atoms with Gasteiger partial charge in [-0.2, -0.15) is 0 Å².